The van der Waals surface area contributed by atoms with E-state index in [0.717, 1.165) is 19.5 Å². The first kappa shape index (κ1) is 12.5. The quantitative estimate of drug-likeness (QED) is 0.727. The summed E-state index contributed by atoms with van der Waals surface area (Å²) in [6, 6.07) is 0. The first-order chi connectivity index (χ1) is 6.90. The molecule has 1 aliphatic rings. The second-order valence-electron chi connectivity index (χ2n) is 5.72. The van der Waals surface area contributed by atoms with E-state index in [0.29, 0.717) is 12.5 Å². The topological polar surface area (TPSA) is 38.3 Å². The van der Waals surface area contributed by atoms with E-state index in [1.54, 1.807) is 0 Å². The van der Waals surface area contributed by atoms with Crippen molar-refractivity contribution in [1.29, 1.82) is 0 Å². The van der Waals surface area contributed by atoms with Crippen molar-refractivity contribution in [2.24, 2.45) is 17.3 Å². The van der Waals surface area contributed by atoms with Crippen molar-refractivity contribution in [3.63, 3.8) is 0 Å². The molecule has 0 radical (unpaired) electrons. The van der Waals surface area contributed by atoms with Crippen molar-refractivity contribution in [3.05, 3.63) is 0 Å². The number of hydrogen-bond acceptors (Lipinski definition) is 3. The van der Waals surface area contributed by atoms with Gasteiger partial charge in [0.25, 0.3) is 0 Å². The Morgan fingerprint density at radius 3 is 2.53 bits per heavy atom. The van der Waals surface area contributed by atoms with E-state index in [1.165, 1.54) is 0 Å². The largest absolute Gasteiger partial charge is 0.465 e. The highest BCUT2D eigenvalue weighted by Crippen LogP contribution is 2.20. The van der Waals surface area contributed by atoms with Crippen molar-refractivity contribution in [1.82, 2.24) is 5.32 Å². The summed E-state index contributed by atoms with van der Waals surface area (Å²) in [5.74, 6) is 0.439. The number of ether oxygens (including phenoxy) is 1. The Hall–Kier alpha value is -0.570. The first-order valence-corrected chi connectivity index (χ1v) is 5.77. The van der Waals surface area contributed by atoms with Crippen LogP contribution >= 0.6 is 0 Å². The summed E-state index contributed by atoms with van der Waals surface area (Å²) < 4.78 is 5.29. The summed E-state index contributed by atoms with van der Waals surface area (Å²) in [5, 5.41) is 3.21. The van der Waals surface area contributed by atoms with E-state index in [1.807, 2.05) is 0 Å². The van der Waals surface area contributed by atoms with Gasteiger partial charge in [-0.2, -0.15) is 0 Å². The minimum absolute atomic E-state index is 0.0308. The van der Waals surface area contributed by atoms with Gasteiger partial charge in [-0.1, -0.05) is 27.7 Å². The lowest BCUT2D eigenvalue weighted by molar-refractivity contribution is -0.149. The Labute approximate surface area is 92.6 Å². The molecule has 0 saturated carbocycles. The zero-order valence-corrected chi connectivity index (χ0v) is 10.3. The van der Waals surface area contributed by atoms with Crippen molar-refractivity contribution >= 4 is 5.97 Å². The Balaban J connectivity index is 2.24. The van der Waals surface area contributed by atoms with Crippen LogP contribution in [0.25, 0.3) is 0 Å². The number of hydrogen-bond donors (Lipinski definition) is 1. The standard InChI is InChI=1S/C12H23NO2/c1-9-7-13-8-10(9)11(14)15-6-5-12(2,3)4/h9-10,13H,5-8H2,1-4H3/t9-,10-/m1/s1. The molecule has 15 heavy (non-hydrogen) atoms. The van der Waals surface area contributed by atoms with Gasteiger partial charge in [0.1, 0.15) is 0 Å². The molecule has 1 fully saturated rings. The molecule has 0 spiro atoms. The highest BCUT2D eigenvalue weighted by molar-refractivity contribution is 5.73. The molecule has 1 saturated heterocycles. The molecule has 1 heterocycles. The predicted molar refractivity (Wildman–Crippen MR) is 60.6 cm³/mol. The van der Waals surface area contributed by atoms with Crippen molar-refractivity contribution in [2.45, 2.75) is 34.1 Å². The first-order valence-electron chi connectivity index (χ1n) is 5.77. The average Bonchev–Trinajstić information content (AvgIpc) is 2.48. The van der Waals surface area contributed by atoms with E-state index in [2.05, 4.69) is 33.0 Å². The SMILES string of the molecule is C[C@@H]1CNC[C@H]1C(=O)OCCC(C)(C)C. The van der Waals surface area contributed by atoms with Crippen LogP contribution in [0.15, 0.2) is 0 Å². The van der Waals surface area contributed by atoms with E-state index < -0.39 is 0 Å². The molecule has 0 aliphatic carbocycles. The molecular formula is C12H23NO2. The van der Waals surface area contributed by atoms with Gasteiger partial charge < -0.3 is 10.1 Å². The monoisotopic (exact) mass is 213 g/mol. The lowest BCUT2D eigenvalue weighted by atomic mass is 9.93. The van der Waals surface area contributed by atoms with Crippen LogP contribution < -0.4 is 5.32 Å². The van der Waals surface area contributed by atoms with Crippen LogP contribution in [0.2, 0.25) is 0 Å². The number of esters is 1. The Morgan fingerprint density at radius 2 is 2.07 bits per heavy atom. The number of carbonyl (C=O) groups is 1. The second-order valence-corrected chi connectivity index (χ2v) is 5.72. The van der Waals surface area contributed by atoms with Crippen molar-refractivity contribution in [3.8, 4) is 0 Å². The molecule has 3 heteroatoms. The van der Waals surface area contributed by atoms with E-state index in [4.69, 9.17) is 4.74 Å². The zero-order chi connectivity index (χ0) is 11.5. The number of carbonyl (C=O) groups excluding carboxylic acids is 1. The van der Waals surface area contributed by atoms with Crippen LogP contribution in [-0.4, -0.2) is 25.7 Å². The van der Waals surface area contributed by atoms with Gasteiger partial charge in [-0.3, -0.25) is 4.79 Å². The fraction of sp³-hybridized carbons (Fsp3) is 0.917. The Bertz CT molecular complexity index is 220. The van der Waals surface area contributed by atoms with Gasteiger partial charge >= 0.3 is 5.97 Å². The normalized spacial score (nSPS) is 26.7. The highest BCUT2D eigenvalue weighted by atomic mass is 16.5. The molecule has 1 rings (SSSR count). The zero-order valence-electron chi connectivity index (χ0n) is 10.3. The molecule has 0 amide bonds. The smallest absolute Gasteiger partial charge is 0.310 e. The van der Waals surface area contributed by atoms with Crippen molar-refractivity contribution in [2.75, 3.05) is 19.7 Å². The third-order valence-corrected chi connectivity index (χ3v) is 2.92. The maximum atomic E-state index is 11.7. The molecule has 0 unspecified atom stereocenters. The fourth-order valence-electron chi connectivity index (χ4n) is 1.69. The lowest BCUT2D eigenvalue weighted by Gasteiger charge is -2.19. The predicted octanol–water partition coefficient (Wildman–Crippen LogP) is 1.82. The average molecular weight is 213 g/mol. The summed E-state index contributed by atoms with van der Waals surface area (Å²) >= 11 is 0. The van der Waals surface area contributed by atoms with Crippen LogP contribution in [0.5, 0.6) is 0 Å². The van der Waals surface area contributed by atoms with Crippen LogP contribution in [0.3, 0.4) is 0 Å². The molecule has 1 N–H and O–H groups in total. The number of nitrogens with one attached hydrogen (secondary N) is 1. The van der Waals surface area contributed by atoms with Crippen LogP contribution in [0.1, 0.15) is 34.1 Å². The van der Waals surface area contributed by atoms with Crippen LogP contribution in [0.4, 0.5) is 0 Å². The maximum absolute atomic E-state index is 11.7. The van der Waals surface area contributed by atoms with Gasteiger partial charge in [0.05, 0.1) is 12.5 Å². The van der Waals surface area contributed by atoms with E-state index >= 15 is 0 Å². The molecule has 1 aliphatic heterocycles. The summed E-state index contributed by atoms with van der Waals surface area (Å²) in [5.41, 5.74) is 0.236. The van der Waals surface area contributed by atoms with Crippen LogP contribution in [-0.2, 0) is 9.53 Å². The Kier molecular flexibility index (Phi) is 4.14. The van der Waals surface area contributed by atoms with Gasteiger partial charge in [0.15, 0.2) is 0 Å². The maximum Gasteiger partial charge on any atom is 0.310 e. The van der Waals surface area contributed by atoms with E-state index in [-0.39, 0.29) is 17.3 Å². The minimum Gasteiger partial charge on any atom is -0.465 e. The van der Waals surface area contributed by atoms with Crippen LogP contribution in [0, 0.1) is 17.3 Å². The summed E-state index contributed by atoms with van der Waals surface area (Å²) in [6.07, 6.45) is 0.924. The van der Waals surface area contributed by atoms with E-state index in [9.17, 15) is 4.79 Å². The van der Waals surface area contributed by atoms with Gasteiger partial charge in [0.2, 0.25) is 0 Å². The van der Waals surface area contributed by atoms with Gasteiger partial charge in [0, 0.05) is 6.54 Å². The van der Waals surface area contributed by atoms with Gasteiger partial charge in [-0.15, -0.1) is 0 Å². The molecule has 0 aromatic heterocycles. The molecule has 2 atom stereocenters. The second kappa shape index (κ2) is 4.97. The molecule has 3 nitrogen and oxygen atoms in total. The minimum atomic E-state index is -0.0308. The molecule has 88 valence electrons. The highest BCUT2D eigenvalue weighted by Gasteiger charge is 2.30. The molecule has 0 aromatic rings. The van der Waals surface area contributed by atoms with Gasteiger partial charge in [-0.25, -0.2) is 0 Å². The summed E-state index contributed by atoms with van der Waals surface area (Å²) in [4.78, 5) is 11.7. The summed E-state index contributed by atoms with van der Waals surface area (Å²) in [6.45, 7) is 10.8. The summed E-state index contributed by atoms with van der Waals surface area (Å²) in [7, 11) is 0. The van der Waals surface area contributed by atoms with Crippen molar-refractivity contribution < 1.29 is 9.53 Å². The Morgan fingerprint density at radius 1 is 1.40 bits per heavy atom. The third-order valence-electron chi connectivity index (χ3n) is 2.92. The third kappa shape index (κ3) is 4.20. The van der Waals surface area contributed by atoms with Gasteiger partial charge in [-0.05, 0) is 24.3 Å². The molecule has 0 bridgehead atoms. The number of rotatable bonds is 3. The molecule has 0 aromatic carbocycles. The molecular weight excluding hydrogens is 190 g/mol. The lowest BCUT2D eigenvalue weighted by Crippen LogP contribution is -2.25. The fourth-order valence-corrected chi connectivity index (χ4v) is 1.69.